The third-order valence-corrected chi connectivity index (χ3v) is 3.39. The summed E-state index contributed by atoms with van der Waals surface area (Å²) in [6, 6.07) is 10.1. The quantitative estimate of drug-likeness (QED) is 0.915. The summed E-state index contributed by atoms with van der Waals surface area (Å²) in [6.07, 6.45) is 0. The Bertz CT molecular complexity index is 595. The van der Waals surface area contributed by atoms with E-state index >= 15 is 0 Å². The summed E-state index contributed by atoms with van der Waals surface area (Å²) in [5.74, 6) is 0.534. The first kappa shape index (κ1) is 13.6. The van der Waals surface area contributed by atoms with Gasteiger partial charge in [0.15, 0.2) is 0 Å². The molecule has 0 bridgehead atoms. The van der Waals surface area contributed by atoms with Crippen LogP contribution in [0.5, 0.6) is 5.75 Å². The number of benzene rings is 2. The molecule has 19 heavy (non-hydrogen) atoms. The second kappa shape index (κ2) is 5.41. The standard InChI is InChI=1S/C16H18FNO/c1-10-4-5-12(17)9-15(10)16(18)14-7-6-13(19-3)8-11(14)2/h4-9,16H,18H2,1-3H3. The molecule has 0 radical (unpaired) electrons. The van der Waals surface area contributed by atoms with Gasteiger partial charge in [-0.05, 0) is 60.4 Å². The Hall–Kier alpha value is -1.87. The van der Waals surface area contributed by atoms with Crippen molar-refractivity contribution in [1.82, 2.24) is 0 Å². The van der Waals surface area contributed by atoms with E-state index in [1.807, 2.05) is 32.0 Å². The van der Waals surface area contributed by atoms with E-state index in [2.05, 4.69) is 0 Å². The van der Waals surface area contributed by atoms with Gasteiger partial charge in [0.1, 0.15) is 11.6 Å². The summed E-state index contributed by atoms with van der Waals surface area (Å²) >= 11 is 0. The normalized spacial score (nSPS) is 12.3. The van der Waals surface area contributed by atoms with Gasteiger partial charge in [0.25, 0.3) is 0 Å². The van der Waals surface area contributed by atoms with E-state index in [1.54, 1.807) is 13.2 Å². The first-order valence-electron chi connectivity index (χ1n) is 6.19. The molecule has 0 aliphatic carbocycles. The van der Waals surface area contributed by atoms with Crippen molar-refractivity contribution in [1.29, 1.82) is 0 Å². The minimum absolute atomic E-state index is 0.262. The molecule has 0 saturated carbocycles. The van der Waals surface area contributed by atoms with Gasteiger partial charge in [0.2, 0.25) is 0 Å². The number of halogens is 1. The molecule has 0 saturated heterocycles. The van der Waals surface area contributed by atoms with E-state index in [4.69, 9.17) is 10.5 Å². The highest BCUT2D eigenvalue weighted by atomic mass is 19.1. The summed E-state index contributed by atoms with van der Waals surface area (Å²) in [5.41, 5.74) is 10.1. The maximum Gasteiger partial charge on any atom is 0.123 e. The van der Waals surface area contributed by atoms with Crippen LogP contribution in [0.4, 0.5) is 4.39 Å². The van der Waals surface area contributed by atoms with Gasteiger partial charge in [-0.25, -0.2) is 4.39 Å². The number of hydrogen-bond acceptors (Lipinski definition) is 2. The van der Waals surface area contributed by atoms with Gasteiger partial charge >= 0.3 is 0 Å². The van der Waals surface area contributed by atoms with Crippen LogP contribution in [0.15, 0.2) is 36.4 Å². The minimum Gasteiger partial charge on any atom is -0.497 e. The first-order valence-corrected chi connectivity index (χ1v) is 6.19. The van der Waals surface area contributed by atoms with Gasteiger partial charge in [0, 0.05) is 0 Å². The topological polar surface area (TPSA) is 35.2 Å². The maximum absolute atomic E-state index is 13.4. The number of methoxy groups -OCH3 is 1. The van der Waals surface area contributed by atoms with Crippen LogP contribution in [0.1, 0.15) is 28.3 Å². The van der Waals surface area contributed by atoms with Crippen LogP contribution in [0, 0.1) is 19.7 Å². The lowest BCUT2D eigenvalue weighted by molar-refractivity contribution is 0.414. The zero-order valence-corrected chi connectivity index (χ0v) is 11.4. The van der Waals surface area contributed by atoms with E-state index in [1.165, 1.54) is 12.1 Å². The number of nitrogens with two attached hydrogens (primary N) is 1. The van der Waals surface area contributed by atoms with Crippen molar-refractivity contribution in [3.8, 4) is 5.75 Å². The molecule has 1 unspecified atom stereocenters. The van der Waals surface area contributed by atoms with Crippen molar-refractivity contribution in [2.45, 2.75) is 19.9 Å². The van der Waals surface area contributed by atoms with Crippen molar-refractivity contribution in [2.24, 2.45) is 5.73 Å². The molecule has 0 spiro atoms. The molecule has 2 N–H and O–H groups in total. The Morgan fingerprint density at radius 2 is 1.74 bits per heavy atom. The van der Waals surface area contributed by atoms with Crippen molar-refractivity contribution in [3.63, 3.8) is 0 Å². The van der Waals surface area contributed by atoms with Crippen LogP contribution < -0.4 is 10.5 Å². The lowest BCUT2D eigenvalue weighted by Gasteiger charge is -2.18. The van der Waals surface area contributed by atoms with Crippen molar-refractivity contribution in [3.05, 3.63) is 64.5 Å². The monoisotopic (exact) mass is 259 g/mol. The van der Waals surface area contributed by atoms with Gasteiger partial charge < -0.3 is 10.5 Å². The van der Waals surface area contributed by atoms with Crippen LogP contribution in [0.3, 0.4) is 0 Å². The average Bonchev–Trinajstić information content (AvgIpc) is 2.40. The Labute approximate surface area is 113 Å². The minimum atomic E-state index is -0.332. The number of rotatable bonds is 3. The Morgan fingerprint density at radius 1 is 1.00 bits per heavy atom. The van der Waals surface area contributed by atoms with Crippen molar-refractivity contribution < 1.29 is 9.13 Å². The lowest BCUT2D eigenvalue weighted by Crippen LogP contribution is -2.15. The molecule has 2 nitrogen and oxygen atoms in total. The molecule has 100 valence electrons. The molecule has 2 aromatic rings. The molecular weight excluding hydrogens is 241 g/mol. The third-order valence-electron chi connectivity index (χ3n) is 3.39. The average molecular weight is 259 g/mol. The summed E-state index contributed by atoms with van der Waals surface area (Å²) in [4.78, 5) is 0. The molecule has 3 heteroatoms. The lowest BCUT2D eigenvalue weighted by atomic mass is 9.93. The second-order valence-electron chi connectivity index (χ2n) is 4.70. The van der Waals surface area contributed by atoms with E-state index in [-0.39, 0.29) is 11.9 Å². The SMILES string of the molecule is COc1ccc(C(N)c2cc(F)ccc2C)c(C)c1. The van der Waals surface area contributed by atoms with Crippen LogP contribution in [0.2, 0.25) is 0 Å². The van der Waals surface area contributed by atoms with Gasteiger partial charge in [-0.15, -0.1) is 0 Å². The summed E-state index contributed by atoms with van der Waals surface area (Å²) in [6.45, 7) is 3.92. The van der Waals surface area contributed by atoms with Crippen molar-refractivity contribution in [2.75, 3.05) is 7.11 Å². The summed E-state index contributed by atoms with van der Waals surface area (Å²) in [5, 5.41) is 0. The number of hydrogen-bond donors (Lipinski definition) is 1. The predicted octanol–water partition coefficient (Wildman–Crippen LogP) is 3.50. The molecule has 0 aliphatic rings. The molecule has 0 amide bonds. The highest BCUT2D eigenvalue weighted by Gasteiger charge is 2.14. The highest BCUT2D eigenvalue weighted by Crippen LogP contribution is 2.28. The first-order chi connectivity index (χ1) is 9.02. The summed E-state index contributed by atoms with van der Waals surface area (Å²) in [7, 11) is 1.63. The van der Waals surface area contributed by atoms with Gasteiger partial charge in [0.05, 0.1) is 13.2 Å². The van der Waals surface area contributed by atoms with E-state index < -0.39 is 0 Å². The Kier molecular flexibility index (Phi) is 3.86. The van der Waals surface area contributed by atoms with Crippen LogP contribution >= 0.6 is 0 Å². The summed E-state index contributed by atoms with van der Waals surface area (Å²) < 4.78 is 18.5. The molecule has 0 aromatic heterocycles. The van der Waals surface area contributed by atoms with Crippen molar-refractivity contribution >= 4 is 0 Å². The van der Waals surface area contributed by atoms with Crippen LogP contribution in [-0.4, -0.2) is 7.11 Å². The van der Waals surface area contributed by atoms with Gasteiger partial charge in [-0.2, -0.15) is 0 Å². The largest absolute Gasteiger partial charge is 0.497 e. The second-order valence-corrected chi connectivity index (χ2v) is 4.70. The molecule has 1 atom stereocenters. The zero-order chi connectivity index (χ0) is 14.0. The number of aryl methyl sites for hydroxylation is 2. The van der Waals surface area contributed by atoms with E-state index in [0.717, 1.165) is 28.0 Å². The highest BCUT2D eigenvalue weighted by molar-refractivity contribution is 5.43. The maximum atomic E-state index is 13.4. The van der Waals surface area contributed by atoms with Crippen LogP contribution in [0.25, 0.3) is 0 Å². The molecule has 0 heterocycles. The molecule has 2 aromatic carbocycles. The van der Waals surface area contributed by atoms with E-state index in [0.29, 0.717) is 0 Å². The molecule has 0 fully saturated rings. The fourth-order valence-corrected chi connectivity index (χ4v) is 2.24. The molecule has 0 aliphatic heterocycles. The molecular formula is C16H18FNO. The van der Waals surface area contributed by atoms with E-state index in [9.17, 15) is 4.39 Å². The smallest absolute Gasteiger partial charge is 0.123 e. The Balaban J connectivity index is 2.43. The Morgan fingerprint density at radius 3 is 2.37 bits per heavy atom. The van der Waals surface area contributed by atoms with Crippen LogP contribution in [-0.2, 0) is 0 Å². The fourth-order valence-electron chi connectivity index (χ4n) is 2.24. The molecule has 2 rings (SSSR count). The fraction of sp³-hybridized carbons (Fsp3) is 0.250. The predicted molar refractivity (Wildman–Crippen MR) is 74.9 cm³/mol. The number of ether oxygens (including phenoxy) is 1. The van der Waals surface area contributed by atoms with Gasteiger partial charge in [-0.1, -0.05) is 12.1 Å². The zero-order valence-electron chi connectivity index (χ0n) is 11.4. The third kappa shape index (κ3) is 2.76. The van der Waals surface area contributed by atoms with Gasteiger partial charge in [-0.3, -0.25) is 0 Å².